The van der Waals surface area contributed by atoms with E-state index in [1.54, 1.807) is 0 Å². The lowest BCUT2D eigenvalue weighted by Gasteiger charge is -2.14. The zero-order valence-corrected chi connectivity index (χ0v) is 9.85. The molecule has 0 saturated carbocycles. The van der Waals surface area contributed by atoms with E-state index in [4.69, 9.17) is 0 Å². The number of carbonyl (C=O) groups excluding carboxylic acids is 1. The van der Waals surface area contributed by atoms with Crippen molar-refractivity contribution in [1.29, 1.82) is 0 Å². The molecular weight excluding hydrogens is 230 g/mol. The molecule has 0 aromatic heterocycles. The van der Waals surface area contributed by atoms with Crippen molar-refractivity contribution < 1.29 is 4.79 Å². The molecular formula is C10H18BrNO. The fraction of sp³-hybridized carbons (Fsp3) is 0.900. The smallest absolute Gasteiger partial charge is 0.223 e. The zero-order valence-electron chi connectivity index (χ0n) is 8.26. The molecule has 13 heavy (non-hydrogen) atoms. The Morgan fingerprint density at radius 1 is 1.46 bits per heavy atom. The van der Waals surface area contributed by atoms with Gasteiger partial charge in [-0.3, -0.25) is 4.79 Å². The molecule has 0 spiro atoms. The van der Waals surface area contributed by atoms with Crippen LogP contribution < -0.4 is 0 Å². The minimum Gasteiger partial charge on any atom is -0.342 e. The third-order valence-corrected chi connectivity index (χ3v) is 3.06. The predicted octanol–water partition coefficient (Wildman–Crippen LogP) is 2.56. The summed E-state index contributed by atoms with van der Waals surface area (Å²) in [7, 11) is 0. The molecule has 0 aliphatic carbocycles. The first-order chi connectivity index (χ1) is 6.24. The lowest BCUT2D eigenvalue weighted by molar-refractivity contribution is -0.127. The standard InChI is InChI=1S/C10H18BrNO/c1-2-3-4-5-6-12-8-9(11)7-10(12)13/h9H,2-8H2,1H3. The summed E-state index contributed by atoms with van der Waals surface area (Å²) in [4.78, 5) is 13.7. The van der Waals surface area contributed by atoms with Gasteiger partial charge < -0.3 is 4.90 Å². The van der Waals surface area contributed by atoms with Crippen LogP contribution in [0.4, 0.5) is 0 Å². The Bertz CT molecular complexity index is 172. The molecule has 1 heterocycles. The lowest BCUT2D eigenvalue weighted by atomic mass is 10.2. The number of nitrogens with zero attached hydrogens (tertiary/aromatic N) is 1. The van der Waals surface area contributed by atoms with Crippen molar-refractivity contribution in [3.8, 4) is 0 Å². The quantitative estimate of drug-likeness (QED) is 0.541. The van der Waals surface area contributed by atoms with Crippen molar-refractivity contribution in [2.24, 2.45) is 0 Å². The Labute approximate surface area is 88.8 Å². The second kappa shape index (κ2) is 5.63. The second-order valence-electron chi connectivity index (χ2n) is 3.70. The van der Waals surface area contributed by atoms with Gasteiger partial charge in [0.15, 0.2) is 0 Å². The molecule has 1 aliphatic heterocycles. The van der Waals surface area contributed by atoms with Gasteiger partial charge >= 0.3 is 0 Å². The van der Waals surface area contributed by atoms with Gasteiger partial charge in [-0.1, -0.05) is 42.1 Å². The van der Waals surface area contributed by atoms with Crippen molar-refractivity contribution in [3.63, 3.8) is 0 Å². The molecule has 1 rings (SSSR count). The monoisotopic (exact) mass is 247 g/mol. The number of rotatable bonds is 5. The summed E-state index contributed by atoms with van der Waals surface area (Å²) in [6.45, 7) is 4.07. The zero-order chi connectivity index (χ0) is 9.68. The Morgan fingerprint density at radius 2 is 2.23 bits per heavy atom. The van der Waals surface area contributed by atoms with Crippen LogP contribution in [-0.2, 0) is 4.79 Å². The van der Waals surface area contributed by atoms with E-state index in [2.05, 4.69) is 22.9 Å². The Balaban J connectivity index is 2.11. The van der Waals surface area contributed by atoms with E-state index in [1.807, 2.05) is 4.90 Å². The number of alkyl halides is 1. The van der Waals surface area contributed by atoms with E-state index in [0.717, 1.165) is 13.1 Å². The van der Waals surface area contributed by atoms with Crippen molar-refractivity contribution in [3.05, 3.63) is 0 Å². The molecule has 1 fully saturated rings. The highest BCUT2D eigenvalue weighted by molar-refractivity contribution is 9.09. The first kappa shape index (κ1) is 11.0. The normalized spacial score (nSPS) is 22.8. The van der Waals surface area contributed by atoms with Crippen LogP contribution >= 0.6 is 15.9 Å². The van der Waals surface area contributed by atoms with E-state index in [0.29, 0.717) is 17.2 Å². The van der Waals surface area contributed by atoms with Crippen LogP contribution in [0.5, 0.6) is 0 Å². The summed E-state index contributed by atoms with van der Waals surface area (Å²) in [6.07, 6.45) is 5.66. The summed E-state index contributed by atoms with van der Waals surface area (Å²) in [5.41, 5.74) is 0. The average Bonchev–Trinajstić information content (AvgIpc) is 2.39. The van der Waals surface area contributed by atoms with Gasteiger partial charge in [-0.2, -0.15) is 0 Å². The third-order valence-electron chi connectivity index (χ3n) is 2.45. The summed E-state index contributed by atoms with van der Waals surface area (Å²) in [5, 5.41) is 0. The van der Waals surface area contributed by atoms with Crippen molar-refractivity contribution >= 4 is 21.8 Å². The molecule has 0 radical (unpaired) electrons. The number of unbranched alkanes of at least 4 members (excludes halogenated alkanes) is 3. The second-order valence-corrected chi connectivity index (χ2v) is 5.00. The molecule has 2 nitrogen and oxygen atoms in total. The topological polar surface area (TPSA) is 20.3 Å². The van der Waals surface area contributed by atoms with Crippen LogP contribution in [0.15, 0.2) is 0 Å². The first-order valence-corrected chi connectivity index (χ1v) is 6.07. The molecule has 76 valence electrons. The number of amides is 1. The van der Waals surface area contributed by atoms with Crippen LogP contribution in [0.25, 0.3) is 0 Å². The molecule has 1 atom stereocenters. The van der Waals surface area contributed by atoms with Crippen LogP contribution in [0, 0.1) is 0 Å². The van der Waals surface area contributed by atoms with Crippen LogP contribution in [0.3, 0.4) is 0 Å². The average molecular weight is 248 g/mol. The molecule has 0 aromatic carbocycles. The van der Waals surface area contributed by atoms with E-state index in [1.165, 1.54) is 25.7 Å². The van der Waals surface area contributed by atoms with Crippen LogP contribution in [0.2, 0.25) is 0 Å². The highest BCUT2D eigenvalue weighted by atomic mass is 79.9. The summed E-state index contributed by atoms with van der Waals surface area (Å²) >= 11 is 3.48. The van der Waals surface area contributed by atoms with Gasteiger partial charge in [-0.15, -0.1) is 0 Å². The van der Waals surface area contributed by atoms with Gasteiger partial charge in [0.25, 0.3) is 0 Å². The van der Waals surface area contributed by atoms with E-state index < -0.39 is 0 Å². The molecule has 0 N–H and O–H groups in total. The molecule has 1 aliphatic rings. The maximum Gasteiger partial charge on any atom is 0.223 e. The lowest BCUT2D eigenvalue weighted by Crippen LogP contribution is -2.26. The molecule has 0 bridgehead atoms. The Hall–Kier alpha value is -0.0500. The van der Waals surface area contributed by atoms with Gasteiger partial charge in [0.2, 0.25) is 5.91 Å². The summed E-state index contributed by atoms with van der Waals surface area (Å²) in [5.74, 6) is 0.318. The third kappa shape index (κ3) is 3.67. The van der Waals surface area contributed by atoms with E-state index >= 15 is 0 Å². The van der Waals surface area contributed by atoms with Crippen molar-refractivity contribution in [2.75, 3.05) is 13.1 Å². The van der Waals surface area contributed by atoms with Crippen LogP contribution in [0.1, 0.15) is 39.0 Å². The maximum atomic E-state index is 11.3. The number of likely N-dealkylation sites (tertiary alicyclic amines) is 1. The minimum absolute atomic E-state index is 0.318. The first-order valence-electron chi connectivity index (χ1n) is 5.16. The van der Waals surface area contributed by atoms with E-state index in [-0.39, 0.29) is 0 Å². The van der Waals surface area contributed by atoms with Gasteiger partial charge in [0, 0.05) is 24.3 Å². The fourth-order valence-corrected chi connectivity index (χ4v) is 2.30. The summed E-state index contributed by atoms with van der Waals surface area (Å²) in [6, 6.07) is 0. The van der Waals surface area contributed by atoms with Crippen molar-refractivity contribution in [1.82, 2.24) is 4.90 Å². The van der Waals surface area contributed by atoms with Crippen molar-refractivity contribution in [2.45, 2.75) is 43.9 Å². The fourth-order valence-electron chi connectivity index (χ4n) is 1.67. The Morgan fingerprint density at radius 3 is 2.77 bits per heavy atom. The SMILES string of the molecule is CCCCCCN1CC(Br)CC1=O. The minimum atomic E-state index is 0.318. The molecule has 1 unspecified atom stereocenters. The van der Waals surface area contributed by atoms with Gasteiger partial charge in [0.1, 0.15) is 0 Å². The molecule has 0 aromatic rings. The highest BCUT2D eigenvalue weighted by Crippen LogP contribution is 2.18. The molecule has 1 amide bonds. The number of hydrogen-bond donors (Lipinski definition) is 0. The Kier molecular flexibility index (Phi) is 4.78. The van der Waals surface area contributed by atoms with Gasteiger partial charge in [-0.05, 0) is 6.42 Å². The number of hydrogen-bond acceptors (Lipinski definition) is 1. The molecule has 3 heteroatoms. The van der Waals surface area contributed by atoms with E-state index in [9.17, 15) is 4.79 Å². The number of carbonyl (C=O) groups is 1. The highest BCUT2D eigenvalue weighted by Gasteiger charge is 2.26. The number of halogens is 1. The molecule has 1 saturated heterocycles. The van der Waals surface area contributed by atoms with Crippen LogP contribution in [-0.4, -0.2) is 28.7 Å². The van der Waals surface area contributed by atoms with Gasteiger partial charge in [-0.25, -0.2) is 0 Å². The largest absolute Gasteiger partial charge is 0.342 e. The predicted molar refractivity (Wildman–Crippen MR) is 58.1 cm³/mol. The van der Waals surface area contributed by atoms with Gasteiger partial charge in [0.05, 0.1) is 0 Å². The maximum absolute atomic E-state index is 11.3. The summed E-state index contributed by atoms with van der Waals surface area (Å²) < 4.78 is 0.